The molecule has 2 N–H and O–H groups in total. The summed E-state index contributed by atoms with van der Waals surface area (Å²) in [5.74, 6) is 0. The molecule has 0 aromatic carbocycles. The average Bonchev–Trinajstić information content (AvgIpc) is 2.95. The molecule has 1 heterocycles. The molecule has 2 aliphatic rings. The molecule has 6 heteroatoms. The molecule has 0 bridgehead atoms. The second-order valence-corrected chi connectivity index (χ2v) is 8.03. The Hall–Kier alpha value is -0.170. The van der Waals surface area contributed by atoms with Gasteiger partial charge >= 0.3 is 0 Å². The topological polar surface area (TPSA) is 66.6 Å². The van der Waals surface area contributed by atoms with Crippen LogP contribution in [-0.4, -0.2) is 48.7 Å². The molecule has 118 valence electrons. The van der Waals surface area contributed by atoms with Gasteiger partial charge in [-0.05, 0) is 32.1 Å². The molecule has 0 unspecified atom stereocenters. The van der Waals surface area contributed by atoms with Crippen molar-refractivity contribution in [2.45, 2.75) is 63.8 Å². The van der Waals surface area contributed by atoms with Crippen molar-refractivity contribution in [2.24, 2.45) is 5.73 Å². The molecular weight excluding hydrogens is 274 g/mol. The Balaban J connectivity index is 2.26. The first-order valence-electron chi connectivity index (χ1n) is 8.05. The Bertz CT molecular complexity index is 399. The van der Waals surface area contributed by atoms with Crippen LogP contribution in [0, 0.1) is 0 Å². The van der Waals surface area contributed by atoms with Crippen LogP contribution in [0.1, 0.15) is 58.3 Å². The van der Waals surface area contributed by atoms with Gasteiger partial charge in [-0.15, -0.1) is 0 Å². The molecule has 0 aromatic rings. The molecule has 1 aliphatic heterocycles. The number of hydrogen-bond donors (Lipinski definition) is 1. The van der Waals surface area contributed by atoms with E-state index in [0.717, 1.165) is 51.4 Å². The number of nitrogens with two attached hydrogens (primary N) is 1. The van der Waals surface area contributed by atoms with Crippen LogP contribution in [0.25, 0.3) is 0 Å². The molecular formula is C14H29N3O2S. The maximum absolute atomic E-state index is 13.0. The molecule has 0 spiro atoms. The van der Waals surface area contributed by atoms with Crippen LogP contribution >= 0.6 is 0 Å². The van der Waals surface area contributed by atoms with E-state index in [4.69, 9.17) is 5.73 Å². The average molecular weight is 303 g/mol. The van der Waals surface area contributed by atoms with Gasteiger partial charge in [-0.3, -0.25) is 0 Å². The van der Waals surface area contributed by atoms with Gasteiger partial charge in [0.15, 0.2) is 0 Å². The molecule has 2 rings (SSSR count). The highest BCUT2D eigenvalue weighted by Crippen LogP contribution is 2.37. The normalized spacial score (nSPS) is 24.4. The fourth-order valence-corrected chi connectivity index (χ4v) is 5.78. The van der Waals surface area contributed by atoms with E-state index in [9.17, 15) is 8.42 Å². The maximum Gasteiger partial charge on any atom is 0.282 e. The van der Waals surface area contributed by atoms with Crippen molar-refractivity contribution < 1.29 is 8.42 Å². The molecule has 5 nitrogen and oxygen atoms in total. The summed E-state index contributed by atoms with van der Waals surface area (Å²) in [4.78, 5) is 0. The Morgan fingerprint density at radius 2 is 1.70 bits per heavy atom. The molecule has 0 radical (unpaired) electrons. The lowest BCUT2D eigenvalue weighted by molar-refractivity contribution is 0.178. The fourth-order valence-electron chi connectivity index (χ4n) is 3.62. The summed E-state index contributed by atoms with van der Waals surface area (Å²) in [5, 5.41) is 0. The smallest absolute Gasteiger partial charge is 0.282 e. The van der Waals surface area contributed by atoms with Crippen molar-refractivity contribution in [3.8, 4) is 0 Å². The summed E-state index contributed by atoms with van der Waals surface area (Å²) < 4.78 is 29.5. The van der Waals surface area contributed by atoms with E-state index in [1.54, 1.807) is 8.61 Å². The highest BCUT2D eigenvalue weighted by molar-refractivity contribution is 7.86. The Labute approximate surface area is 123 Å². The third-order valence-electron chi connectivity index (χ3n) is 4.79. The molecule has 20 heavy (non-hydrogen) atoms. The first-order chi connectivity index (χ1) is 9.57. The third-order valence-corrected chi connectivity index (χ3v) is 6.93. The highest BCUT2D eigenvalue weighted by atomic mass is 32.2. The van der Waals surface area contributed by atoms with Gasteiger partial charge in [-0.25, -0.2) is 0 Å². The predicted octanol–water partition coefficient (Wildman–Crippen LogP) is 1.70. The van der Waals surface area contributed by atoms with Crippen molar-refractivity contribution in [1.29, 1.82) is 0 Å². The quantitative estimate of drug-likeness (QED) is 0.812. The van der Waals surface area contributed by atoms with Gasteiger partial charge < -0.3 is 5.73 Å². The van der Waals surface area contributed by atoms with E-state index in [1.165, 1.54) is 0 Å². The minimum Gasteiger partial charge on any atom is -0.329 e. The molecule has 1 aliphatic carbocycles. The molecule has 0 amide bonds. The fraction of sp³-hybridized carbons (Fsp3) is 1.00. The first-order valence-corrected chi connectivity index (χ1v) is 9.44. The van der Waals surface area contributed by atoms with Crippen molar-refractivity contribution in [2.75, 3.05) is 26.2 Å². The standard InChI is InChI=1S/C14H29N3O2S/c1-2-10-17(14(13-15)8-4-5-9-14)20(18,19)16-11-6-3-7-12-16/h2-13,15H2,1H3. The lowest BCUT2D eigenvalue weighted by atomic mass is 9.98. The van der Waals surface area contributed by atoms with Crippen LogP contribution in [0.5, 0.6) is 0 Å². The minimum atomic E-state index is -3.35. The Kier molecular flexibility index (Phi) is 5.45. The summed E-state index contributed by atoms with van der Waals surface area (Å²) in [7, 11) is -3.35. The van der Waals surface area contributed by atoms with E-state index in [-0.39, 0.29) is 5.54 Å². The largest absolute Gasteiger partial charge is 0.329 e. The lowest BCUT2D eigenvalue weighted by Gasteiger charge is -2.42. The summed E-state index contributed by atoms with van der Waals surface area (Å²) in [5.41, 5.74) is 5.67. The minimum absolute atomic E-state index is 0.327. The molecule has 1 saturated heterocycles. The summed E-state index contributed by atoms with van der Waals surface area (Å²) in [6, 6.07) is 0. The zero-order valence-electron chi connectivity index (χ0n) is 12.7. The molecule has 0 aromatic heterocycles. The van der Waals surface area contributed by atoms with Gasteiger partial charge in [-0.2, -0.15) is 17.0 Å². The van der Waals surface area contributed by atoms with Crippen molar-refractivity contribution in [3.63, 3.8) is 0 Å². The van der Waals surface area contributed by atoms with Crippen LogP contribution < -0.4 is 5.73 Å². The predicted molar refractivity (Wildman–Crippen MR) is 81.6 cm³/mol. The summed E-state index contributed by atoms with van der Waals surface area (Å²) in [6.07, 6.45) is 7.95. The maximum atomic E-state index is 13.0. The van der Waals surface area contributed by atoms with Crippen molar-refractivity contribution >= 4 is 10.2 Å². The van der Waals surface area contributed by atoms with E-state index >= 15 is 0 Å². The number of piperidine rings is 1. The summed E-state index contributed by atoms with van der Waals surface area (Å²) in [6.45, 7) is 4.42. The van der Waals surface area contributed by atoms with Gasteiger partial charge in [-0.1, -0.05) is 26.2 Å². The second-order valence-electron chi connectivity index (χ2n) is 6.18. The molecule has 1 saturated carbocycles. The van der Waals surface area contributed by atoms with Gasteiger partial charge in [0.2, 0.25) is 0 Å². The number of nitrogens with zero attached hydrogens (tertiary/aromatic N) is 2. The van der Waals surface area contributed by atoms with Gasteiger partial charge in [0.1, 0.15) is 0 Å². The Morgan fingerprint density at radius 1 is 1.10 bits per heavy atom. The SMILES string of the molecule is CCCN(C1(CN)CCCC1)S(=O)(=O)N1CCCCC1. The summed E-state index contributed by atoms with van der Waals surface area (Å²) >= 11 is 0. The van der Waals surface area contributed by atoms with Crippen LogP contribution in [0.15, 0.2) is 0 Å². The first kappa shape index (κ1) is 16.2. The van der Waals surface area contributed by atoms with E-state index < -0.39 is 10.2 Å². The monoisotopic (exact) mass is 303 g/mol. The van der Waals surface area contributed by atoms with Crippen LogP contribution in [-0.2, 0) is 10.2 Å². The van der Waals surface area contributed by atoms with Crippen LogP contribution in [0.3, 0.4) is 0 Å². The van der Waals surface area contributed by atoms with Crippen molar-refractivity contribution in [3.05, 3.63) is 0 Å². The molecule has 0 atom stereocenters. The molecule has 2 fully saturated rings. The van der Waals surface area contributed by atoms with Gasteiger partial charge in [0.05, 0.1) is 0 Å². The van der Waals surface area contributed by atoms with Crippen molar-refractivity contribution in [1.82, 2.24) is 8.61 Å². The van der Waals surface area contributed by atoms with Gasteiger partial charge in [0.25, 0.3) is 10.2 Å². The van der Waals surface area contributed by atoms with E-state index in [0.29, 0.717) is 26.2 Å². The van der Waals surface area contributed by atoms with E-state index in [2.05, 4.69) is 0 Å². The highest BCUT2D eigenvalue weighted by Gasteiger charge is 2.46. The Morgan fingerprint density at radius 3 is 2.20 bits per heavy atom. The van der Waals surface area contributed by atoms with Crippen LogP contribution in [0.4, 0.5) is 0 Å². The van der Waals surface area contributed by atoms with E-state index in [1.807, 2.05) is 6.92 Å². The lowest BCUT2D eigenvalue weighted by Crippen LogP contribution is -2.59. The van der Waals surface area contributed by atoms with Gasteiger partial charge in [0, 0.05) is 31.7 Å². The zero-order chi connectivity index (χ0) is 14.6. The number of rotatable bonds is 6. The zero-order valence-corrected chi connectivity index (χ0v) is 13.5. The number of hydrogen-bond acceptors (Lipinski definition) is 3. The third kappa shape index (κ3) is 3.03. The van der Waals surface area contributed by atoms with Crippen LogP contribution in [0.2, 0.25) is 0 Å². The second kappa shape index (κ2) is 6.73.